The van der Waals surface area contributed by atoms with E-state index in [1.54, 1.807) is 20.4 Å². The molecular formula is C25H32ClN6O2P. The second-order valence-corrected chi connectivity index (χ2v) is 12.8. The van der Waals surface area contributed by atoms with E-state index in [0.717, 1.165) is 48.4 Å². The summed E-state index contributed by atoms with van der Waals surface area (Å²) in [6, 6.07) is 11.9. The molecule has 1 aromatic heterocycles. The van der Waals surface area contributed by atoms with Crippen molar-refractivity contribution < 1.29 is 9.30 Å². The molecule has 1 saturated heterocycles. The van der Waals surface area contributed by atoms with Gasteiger partial charge in [-0.05, 0) is 51.6 Å². The number of hydrogen-bond donors (Lipinski definition) is 2. The van der Waals surface area contributed by atoms with Gasteiger partial charge in [-0.25, -0.2) is 4.98 Å². The summed E-state index contributed by atoms with van der Waals surface area (Å²) in [5.41, 5.74) is 3.62. The monoisotopic (exact) mass is 514 g/mol. The van der Waals surface area contributed by atoms with Crippen LogP contribution in [0.4, 0.5) is 28.8 Å². The molecule has 2 N–H and O–H groups in total. The number of likely N-dealkylation sites (N-methyl/N-ethyl adjacent to an activating group) is 1. The maximum Gasteiger partial charge on any atom is 0.229 e. The molecule has 0 amide bonds. The first-order valence-electron chi connectivity index (χ1n) is 11.5. The lowest BCUT2D eigenvalue weighted by atomic mass is 10.2. The summed E-state index contributed by atoms with van der Waals surface area (Å²) < 4.78 is 18.5. The molecule has 0 atom stereocenters. The minimum atomic E-state index is -2.52. The number of nitrogens with zero attached hydrogens (tertiary/aromatic N) is 4. The Kier molecular flexibility index (Phi) is 7.55. The fourth-order valence-corrected chi connectivity index (χ4v) is 5.36. The minimum Gasteiger partial charge on any atom is -0.494 e. The molecule has 1 aliphatic rings. The molecule has 1 aliphatic heterocycles. The number of methoxy groups -OCH3 is 1. The maximum atomic E-state index is 12.9. The highest BCUT2D eigenvalue weighted by Crippen LogP contribution is 2.39. The van der Waals surface area contributed by atoms with E-state index >= 15 is 0 Å². The molecular weight excluding hydrogens is 483 g/mol. The third-order valence-corrected chi connectivity index (χ3v) is 7.84. The van der Waals surface area contributed by atoms with E-state index in [0.29, 0.717) is 28.2 Å². The maximum absolute atomic E-state index is 12.9. The van der Waals surface area contributed by atoms with E-state index in [-0.39, 0.29) is 0 Å². The number of ether oxygens (including phenoxy) is 1. The van der Waals surface area contributed by atoms with Gasteiger partial charge in [0.2, 0.25) is 5.95 Å². The zero-order valence-electron chi connectivity index (χ0n) is 20.8. The van der Waals surface area contributed by atoms with Crippen LogP contribution in [-0.2, 0) is 4.57 Å². The van der Waals surface area contributed by atoms with Gasteiger partial charge in [0.05, 0.1) is 24.7 Å². The molecule has 4 rings (SSSR count). The van der Waals surface area contributed by atoms with Gasteiger partial charge < -0.3 is 29.7 Å². The average Bonchev–Trinajstić information content (AvgIpc) is 2.82. The molecule has 8 nitrogen and oxygen atoms in total. The molecule has 3 aromatic rings. The van der Waals surface area contributed by atoms with Gasteiger partial charge in [0.1, 0.15) is 17.9 Å². The van der Waals surface area contributed by atoms with Gasteiger partial charge >= 0.3 is 0 Å². The number of piperazine rings is 1. The number of anilines is 5. The van der Waals surface area contributed by atoms with Crippen molar-refractivity contribution >= 4 is 52.9 Å². The smallest absolute Gasteiger partial charge is 0.229 e. The summed E-state index contributed by atoms with van der Waals surface area (Å²) >= 11 is 6.40. The van der Waals surface area contributed by atoms with Crippen molar-refractivity contribution in [3.8, 4) is 5.75 Å². The summed E-state index contributed by atoms with van der Waals surface area (Å²) in [5, 5.41) is 7.60. The van der Waals surface area contributed by atoms with Crippen LogP contribution in [0, 0.1) is 6.92 Å². The normalized spacial score (nSPS) is 14.6. The first kappa shape index (κ1) is 25.3. The van der Waals surface area contributed by atoms with Crippen LogP contribution in [0.15, 0.2) is 42.6 Å². The van der Waals surface area contributed by atoms with Gasteiger partial charge in [0.25, 0.3) is 0 Å². The second kappa shape index (κ2) is 10.4. The molecule has 0 aliphatic carbocycles. The van der Waals surface area contributed by atoms with Crippen LogP contribution in [0.5, 0.6) is 5.75 Å². The zero-order chi connectivity index (χ0) is 25.2. The van der Waals surface area contributed by atoms with Crippen molar-refractivity contribution in [2.75, 3.05) is 69.2 Å². The molecule has 2 heterocycles. The van der Waals surface area contributed by atoms with Crippen LogP contribution >= 0.6 is 18.7 Å². The predicted octanol–water partition coefficient (Wildman–Crippen LogP) is 4.93. The molecule has 0 saturated carbocycles. The van der Waals surface area contributed by atoms with Crippen molar-refractivity contribution in [3.63, 3.8) is 0 Å². The van der Waals surface area contributed by atoms with Crippen LogP contribution in [0.3, 0.4) is 0 Å². The molecule has 0 bridgehead atoms. The number of aromatic nitrogens is 2. The van der Waals surface area contributed by atoms with E-state index in [4.69, 9.17) is 16.3 Å². The van der Waals surface area contributed by atoms with Gasteiger partial charge in [0.15, 0.2) is 5.82 Å². The standard InChI is InChI=1S/C25H32ClN6O2P/c1-17-6-8-21(23(14-17)35(4,5)33)28-24-19(26)16-27-25(30-24)29-20-9-7-18(15-22(20)34-3)32-12-10-31(2)11-13-32/h6-9,14-16H,10-13H2,1-5H3,(H2,27,28,29,30). The van der Waals surface area contributed by atoms with Crippen molar-refractivity contribution in [1.29, 1.82) is 0 Å². The number of hydrogen-bond acceptors (Lipinski definition) is 8. The van der Waals surface area contributed by atoms with Crippen molar-refractivity contribution in [2.24, 2.45) is 0 Å². The lowest BCUT2D eigenvalue weighted by Crippen LogP contribution is -2.44. The summed E-state index contributed by atoms with van der Waals surface area (Å²) in [4.78, 5) is 13.6. The Balaban J connectivity index is 1.58. The third-order valence-electron chi connectivity index (χ3n) is 6.03. The van der Waals surface area contributed by atoms with Crippen LogP contribution in [0.2, 0.25) is 5.02 Å². The molecule has 0 unspecified atom stereocenters. The molecule has 35 heavy (non-hydrogen) atoms. The fourth-order valence-electron chi connectivity index (χ4n) is 4.00. The Labute approximate surface area is 212 Å². The fraction of sp³-hybridized carbons (Fsp3) is 0.360. The molecule has 0 radical (unpaired) electrons. The Morgan fingerprint density at radius 1 is 1.03 bits per heavy atom. The molecule has 1 fully saturated rings. The SMILES string of the molecule is COc1cc(N2CCN(C)CC2)ccc1Nc1ncc(Cl)c(Nc2ccc(C)cc2P(C)(C)=O)n1. The van der Waals surface area contributed by atoms with E-state index in [1.165, 1.54) is 6.20 Å². The van der Waals surface area contributed by atoms with Gasteiger partial charge in [0, 0.05) is 43.2 Å². The summed E-state index contributed by atoms with van der Waals surface area (Å²) in [6.07, 6.45) is 1.54. The Morgan fingerprint density at radius 2 is 1.74 bits per heavy atom. The topological polar surface area (TPSA) is 82.6 Å². The van der Waals surface area contributed by atoms with Crippen LogP contribution < -0.4 is 25.6 Å². The number of aryl methyl sites for hydroxylation is 1. The van der Waals surface area contributed by atoms with E-state index < -0.39 is 7.14 Å². The third kappa shape index (κ3) is 6.07. The summed E-state index contributed by atoms with van der Waals surface area (Å²) in [6.45, 7) is 9.50. The average molecular weight is 515 g/mol. The van der Waals surface area contributed by atoms with Crippen LogP contribution in [0.25, 0.3) is 0 Å². The van der Waals surface area contributed by atoms with Gasteiger partial charge in [-0.1, -0.05) is 23.2 Å². The predicted molar refractivity (Wildman–Crippen MR) is 147 cm³/mol. The summed E-state index contributed by atoms with van der Waals surface area (Å²) in [7, 11) is 1.27. The Bertz CT molecular complexity index is 1260. The lowest BCUT2D eigenvalue weighted by Gasteiger charge is -2.34. The van der Waals surface area contributed by atoms with Crippen LogP contribution in [-0.4, -0.2) is 68.5 Å². The van der Waals surface area contributed by atoms with Gasteiger partial charge in [-0.2, -0.15) is 4.98 Å². The molecule has 186 valence electrons. The number of benzene rings is 2. The van der Waals surface area contributed by atoms with E-state index in [2.05, 4.69) is 43.5 Å². The van der Waals surface area contributed by atoms with E-state index in [9.17, 15) is 4.57 Å². The van der Waals surface area contributed by atoms with Crippen molar-refractivity contribution in [2.45, 2.75) is 6.92 Å². The highest BCUT2D eigenvalue weighted by Gasteiger charge is 2.19. The minimum absolute atomic E-state index is 0.362. The Hall–Kier alpha value is -2.80. The quantitative estimate of drug-likeness (QED) is 0.429. The van der Waals surface area contributed by atoms with E-state index in [1.807, 2.05) is 37.3 Å². The second-order valence-electron chi connectivity index (χ2n) is 9.19. The largest absolute Gasteiger partial charge is 0.494 e. The lowest BCUT2D eigenvalue weighted by molar-refractivity contribution is 0.312. The first-order chi connectivity index (χ1) is 16.6. The first-order valence-corrected chi connectivity index (χ1v) is 14.5. The van der Waals surface area contributed by atoms with Crippen molar-refractivity contribution in [1.82, 2.24) is 14.9 Å². The number of nitrogens with one attached hydrogen (secondary N) is 2. The molecule has 10 heteroatoms. The number of halogens is 1. The zero-order valence-corrected chi connectivity index (χ0v) is 22.5. The van der Waals surface area contributed by atoms with Gasteiger partial charge in [-0.3, -0.25) is 0 Å². The number of rotatable bonds is 7. The molecule has 2 aromatic carbocycles. The van der Waals surface area contributed by atoms with Crippen LogP contribution in [0.1, 0.15) is 5.56 Å². The summed E-state index contributed by atoms with van der Waals surface area (Å²) in [5.74, 6) is 1.50. The molecule has 0 spiro atoms. The highest BCUT2D eigenvalue weighted by atomic mass is 35.5. The van der Waals surface area contributed by atoms with Crippen molar-refractivity contribution in [3.05, 3.63) is 53.2 Å². The highest BCUT2D eigenvalue weighted by molar-refractivity contribution is 7.70. The Morgan fingerprint density at radius 3 is 2.43 bits per heavy atom. The van der Waals surface area contributed by atoms with Gasteiger partial charge in [-0.15, -0.1) is 0 Å².